The van der Waals surface area contributed by atoms with Gasteiger partial charge in [-0.25, -0.2) is 12.7 Å². The largest absolute Gasteiger partial charge is 1.00 e. The van der Waals surface area contributed by atoms with Gasteiger partial charge in [0.05, 0.1) is 16.6 Å². The Morgan fingerprint density at radius 1 is 1.24 bits per heavy atom. The fourth-order valence-corrected chi connectivity index (χ4v) is 5.23. The number of nitrogens with one attached hydrogen (secondary N) is 1. The Morgan fingerprint density at radius 2 is 1.92 bits per heavy atom. The summed E-state index contributed by atoms with van der Waals surface area (Å²) in [6, 6.07) is 8.32. The molecule has 37 heavy (non-hydrogen) atoms. The minimum atomic E-state index is -3.59. The van der Waals surface area contributed by atoms with Crippen LogP contribution in [-0.2, 0) is 37.4 Å². The first kappa shape index (κ1) is 29.2. The van der Waals surface area contributed by atoms with Gasteiger partial charge in [-0.3, -0.25) is 4.79 Å². The van der Waals surface area contributed by atoms with Crippen LogP contribution in [0, 0.1) is 0 Å². The molecule has 2 aliphatic rings. The van der Waals surface area contributed by atoms with Gasteiger partial charge in [0.15, 0.2) is 11.8 Å². The van der Waals surface area contributed by atoms with E-state index in [1.165, 1.54) is 14.1 Å². The van der Waals surface area contributed by atoms with Crippen LogP contribution in [0.5, 0.6) is 0 Å². The summed E-state index contributed by atoms with van der Waals surface area (Å²) in [6.07, 6.45) is -1.03. The summed E-state index contributed by atoms with van der Waals surface area (Å²) >= 11 is 0. The van der Waals surface area contributed by atoms with Gasteiger partial charge in [-0.05, 0) is 53.9 Å². The molecule has 4 rings (SSSR count). The summed E-state index contributed by atoms with van der Waals surface area (Å²) in [4.78, 5) is 31.4. The first-order chi connectivity index (χ1) is 17.0. The average molecular weight is 539 g/mol. The molecule has 2 aliphatic heterocycles. The van der Waals surface area contributed by atoms with Crippen molar-refractivity contribution in [2.45, 2.75) is 30.4 Å². The van der Waals surface area contributed by atoms with Crippen LogP contribution in [0.3, 0.4) is 0 Å². The maximum Gasteiger partial charge on any atom is 1.00 e. The third-order valence-electron chi connectivity index (χ3n) is 6.30. The van der Waals surface area contributed by atoms with Crippen molar-refractivity contribution in [2.75, 3.05) is 39.6 Å². The van der Waals surface area contributed by atoms with Gasteiger partial charge >= 0.3 is 29.6 Å². The molecule has 192 valence electrons. The molecule has 0 saturated heterocycles. The van der Waals surface area contributed by atoms with E-state index in [1.807, 2.05) is 7.05 Å². The predicted molar refractivity (Wildman–Crippen MR) is 130 cm³/mol. The molecule has 2 N–H and O–H groups in total. The van der Waals surface area contributed by atoms with E-state index in [0.717, 1.165) is 33.1 Å². The molecule has 0 fully saturated rings. The quantitative estimate of drug-likeness (QED) is 0.263. The van der Waals surface area contributed by atoms with E-state index in [9.17, 15) is 23.1 Å². The Labute approximate surface area is 237 Å². The van der Waals surface area contributed by atoms with Crippen molar-refractivity contribution in [3.63, 3.8) is 0 Å². The summed E-state index contributed by atoms with van der Waals surface area (Å²) in [7, 11) is 1.32. The molecular weight excluding hydrogens is 511 g/mol. The monoisotopic (exact) mass is 538 g/mol. The van der Waals surface area contributed by atoms with Crippen molar-refractivity contribution in [3.05, 3.63) is 47.0 Å². The smallest absolute Gasteiger partial charge is 0.546 e. The zero-order chi connectivity index (χ0) is 26.2. The number of oxime groups is 1. The van der Waals surface area contributed by atoms with Crippen molar-refractivity contribution in [2.24, 2.45) is 5.16 Å². The van der Waals surface area contributed by atoms with Crippen molar-refractivity contribution >= 4 is 33.3 Å². The zero-order valence-electron chi connectivity index (χ0n) is 21.1. The summed E-state index contributed by atoms with van der Waals surface area (Å²) in [5.41, 5.74) is 4.49. The predicted octanol–water partition coefficient (Wildman–Crippen LogP) is -3.23. The van der Waals surface area contributed by atoms with Crippen molar-refractivity contribution in [3.8, 4) is 11.1 Å². The Hall–Kier alpha value is -2.32. The van der Waals surface area contributed by atoms with Gasteiger partial charge in [-0.15, -0.1) is 0 Å². The molecule has 11 nitrogen and oxygen atoms in total. The number of carbonyl (C=O) groups is 2. The molecular formula is C24H27N4NaO7S. The van der Waals surface area contributed by atoms with Gasteiger partial charge in [0.2, 0.25) is 10.0 Å². The number of sulfonamides is 1. The van der Waals surface area contributed by atoms with E-state index < -0.39 is 34.6 Å². The molecule has 0 spiro atoms. The molecule has 2 aromatic rings. The molecule has 1 amide bonds. The van der Waals surface area contributed by atoms with Gasteiger partial charge < -0.3 is 30.1 Å². The number of aliphatic carboxylic acids is 1. The van der Waals surface area contributed by atoms with Gasteiger partial charge in [-0.2, -0.15) is 0 Å². The first-order valence-corrected chi connectivity index (χ1v) is 12.8. The van der Waals surface area contributed by atoms with E-state index in [4.69, 9.17) is 9.94 Å². The number of benzene rings is 2. The first-order valence-electron chi connectivity index (χ1n) is 11.3. The summed E-state index contributed by atoms with van der Waals surface area (Å²) < 4.78 is 26.1. The molecule has 0 aliphatic carbocycles. The molecule has 0 aromatic heterocycles. The molecule has 1 unspecified atom stereocenters. The second-order valence-electron chi connectivity index (χ2n) is 8.92. The Balaban J connectivity index is 0.00000380. The number of nitrogens with zero attached hydrogens (tertiary/aromatic N) is 3. The SMILES string of the molecule is CN1CCc2c(-c3ccc(S(=O)(=O)N(C)C)cc3)cc3c(c2C1)NC(=O)C3=NOC(CCO)C(=O)[O-].[Na+]. The van der Waals surface area contributed by atoms with Crippen LogP contribution in [0.15, 0.2) is 40.4 Å². The number of hydrogen-bond acceptors (Lipinski definition) is 9. The van der Waals surface area contributed by atoms with E-state index in [1.54, 1.807) is 30.3 Å². The molecule has 13 heteroatoms. The summed E-state index contributed by atoms with van der Waals surface area (Å²) in [6.45, 7) is 0.924. The standard InChI is InChI=1S/C24H28N4O7S.Na/c1-27(2)36(33,34)15-6-4-14(5-7-15)17-12-18-21(19-13-28(3)10-8-16(17)19)25-23(30)22(18)26-35-20(9-11-29)24(31)32;/h4-7,12,20,29H,8-11,13H2,1-3H3,(H,31,32)(H,25,26,30);/q;+1/p-1. The maximum atomic E-state index is 12.8. The number of amides is 1. The Kier molecular flexibility index (Phi) is 9.17. The number of carbonyl (C=O) groups excluding carboxylic acids is 2. The van der Waals surface area contributed by atoms with E-state index in [-0.39, 0.29) is 46.6 Å². The Morgan fingerprint density at radius 3 is 2.51 bits per heavy atom. The molecule has 0 saturated carbocycles. The van der Waals surface area contributed by atoms with Crippen LogP contribution in [-0.4, -0.2) is 80.7 Å². The van der Waals surface area contributed by atoms with Gasteiger partial charge in [-0.1, -0.05) is 17.3 Å². The van der Waals surface area contributed by atoms with Crippen molar-refractivity contribution in [1.82, 2.24) is 9.21 Å². The maximum absolute atomic E-state index is 12.8. The van der Waals surface area contributed by atoms with Gasteiger partial charge in [0.1, 0.15) is 0 Å². The molecule has 0 radical (unpaired) electrons. The number of anilines is 1. The van der Waals surface area contributed by atoms with Crippen LogP contribution in [0.4, 0.5) is 5.69 Å². The van der Waals surface area contributed by atoms with E-state index >= 15 is 0 Å². The van der Waals surface area contributed by atoms with E-state index in [2.05, 4.69) is 15.4 Å². The van der Waals surface area contributed by atoms with E-state index in [0.29, 0.717) is 24.2 Å². The number of carboxylic acid groups (broad SMARTS) is 1. The second kappa shape index (κ2) is 11.6. The Bertz CT molecular complexity index is 1340. The normalized spacial score (nSPS) is 17.1. The van der Waals surface area contributed by atoms with Crippen molar-refractivity contribution < 1.29 is 62.6 Å². The van der Waals surface area contributed by atoms with Crippen LogP contribution in [0.2, 0.25) is 0 Å². The number of aliphatic hydroxyl groups is 1. The number of carboxylic acids is 1. The van der Waals surface area contributed by atoms with Crippen LogP contribution >= 0.6 is 0 Å². The topological polar surface area (TPSA) is 152 Å². The minimum absolute atomic E-state index is 0. The summed E-state index contributed by atoms with van der Waals surface area (Å²) in [5.74, 6) is -2.08. The number of rotatable bonds is 8. The number of likely N-dealkylation sites (N-methyl/N-ethyl adjacent to an activating group) is 1. The molecule has 1 atom stereocenters. The number of fused-ring (bicyclic) bond motifs is 3. The summed E-state index contributed by atoms with van der Waals surface area (Å²) in [5, 5.41) is 27.0. The fourth-order valence-electron chi connectivity index (χ4n) is 4.33. The second-order valence-corrected chi connectivity index (χ2v) is 11.1. The third kappa shape index (κ3) is 5.75. The number of aliphatic hydroxyl groups excluding tert-OH is 1. The third-order valence-corrected chi connectivity index (χ3v) is 8.13. The minimum Gasteiger partial charge on any atom is -0.546 e. The molecule has 2 heterocycles. The molecule has 2 aromatic carbocycles. The molecule has 0 bridgehead atoms. The fraction of sp³-hybridized carbons (Fsp3) is 0.375. The van der Waals surface area contributed by atoms with Gasteiger partial charge in [0, 0.05) is 45.8 Å². The number of hydrogen-bond donors (Lipinski definition) is 2. The average Bonchev–Trinajstić information content (AvgIpc) is 3.16. The van der Waals surface area contributed by atoms with Crippen molar-refractivity contribution in [1.29, 1.82) is 0 Å². The van der Waals surface area contributed by atoms with Crippen LogP contribution in [0.25, 0.3) is 11.1 Å². The zero-order valence-corrected chi connectivity index (χ0v) is 24.0. The van der Waals surface area contributed by atoms with Gasteiger partial charge in [0.25, 0.3) is 5.91 Å². The van der Waals surface area contributed by atoms with Crippen LogP contribution in [0.1, 0.15) is 23.1 Å². The van der Waals surface area contributed by atoms with Crippen LogP contribution < -0.4 is 40.0 Å².